The number of anilines is 1. The summed E-state index contributed by atoms with van der Waals surface area (Å²) < 4.78 is 0. The summed E-state index contributed by atoms with van der Waals surface area (Å²) in [5, 5.41) is 2.98. The van der Waals surface area contributed by atoms with E-state index in [1.54, 1.807) is 0 Å². The van der Waals surface area contributed by atoms with E-state index in [1.165, 1.54) is 16.8 Å². The highest BCUT2D eigenvalue weighted by Crippen LogP contribution is 2.28. The molecule has 2 aromatic carbocycles. The van der Waals surface area contributed by atoms with Gasteiger partial charge in [0.15, 0.2) is 0 Å². The van der Waals surface area contributed by atoms with Gasteiger partial charge in [-0.1, -0.05) is 38.1 Å². The van der Waals surface area contributed by atoms with E-state index in [2.05, 4.69) is 48.3 Å². The number of carbonyl (C=O) groups excluding carboxylic acids is 1. The minimum Gasteiger partial charge on any atom is -0.363 e. The number of hydrogen-bond acceptors (Lipinski definition) is 2. The molecule has 1 aliphatic rings. The predicted octanol–water partition coefficient (Wildman–Crippen LogP) is 3.98. The zero-order valence-electron chi connectivity index (χ0n) is 13.9. The molecule has 0 saturated carbocycles. The lowest BCUT2D eigenvalue weighted by Crippen LogP contribution is -2.25. The van der Waals surface area contributed by atoms with Crippen LogP contribution in [0.25, 0.3) is 0 Å². The lowest BCUT2D eigenvalue weighted by Gasteiger charge is -2.18. The Bertz CT molecular complexity index is 651. The monoisotopic (exact) mass is 308 g/mol. The molecule has 1 N–H and O–H groups in total. The van der Waals surface area contributed by atoms with Gasteiger partial charge in [0.05, 0.1) is 0 Å². The van der Waals surface area contributed by atoms with Crippen LogP contribution in [0.4, 0.5) is 5.69 Å². The van der Waals surface area contributed by atoms with Crippen LogP contribution in [-0.2, 0) is 13.1 Å². The van der Waals surface area contributed by atoms with Crippen molar-refractivity contribution in [2.45, 2.75) is 33.4 Å². The molecule has 3 nitrogen and oxygen atoms in total. The summed E-state index contributed by atoms with van der Waals surface area (Å²) in [7, 11) is 0. The highest BCUT2D eigenvalue weighted by molar-refractivity contribution is 5.94. The number of fused-ring (bicyclic) bond motifs is 1. The Labute approximate surface area is 138 Å². The summed E-state index contributed by atoms with van der Waals surface area (Å²) in [4.78, 5) is 14.5. The molecular weight excluding hydrogens is 284 g/mol. The quantitative estimate of drug-likeness (QED) is 0.906. The van der Waals surface area contributed by atoms with Crippen LogP contribution in [0.1, 0.15) is 41.8 Å². The van der Waals surface area contributed by atoms with E-state index in [1.807, 2.05) is 24.3 Å². The molecule has 0 unspecified atom stereocenters. The zero-order chi connectivity index (χ0) is 16.2. The summed E-state index contributed by atoms with van der Waals surface area (Å²) >= 11 is 0. The maximum atomic E-state index is 12.1. The van der Waals surface area contributed by atoms with Gasteiger partial charge in [-0.05, 0) is 47.7 Å². The Morgan fingerprint density at radius 2 is 1.65 bits per heavy atom. The maximum Gasteiger partial charge on any atom is 0.251 e. The van der Waals surface area contributed by atoms with Gasteiger partial charge in [0.25, 0.3) is 5.91 Å². The van der Waals surface area contributed by atoms with Crippen molar-refractivity contribution in [1.82, 2.24) is 5.32 Å². The van der Waals surface area contributed by atoms with Crippen LogP contribution in [0, 0.1) is 5.92 Å². The van der Waals surface area contributed by atoms with Crippen LogP contribution in [0.2, 0.25) is 0 Å². The van der Waals surface area contributed by atoms with Crippen LogP contribution in [0.15, 0.2) is 48.5 Å². The summed E-state index contributed by atoms with van der Waals surface area (Å²) in [5.41, 5.74) is 4.68. The second-order valence-corrected chi connectivity index (χ2v) is 6.61. The average molecular weight is 308 g/mol. The number of nitrogens with zero attached hydrogens (tertiary/aromatic N) is 1. The fourth-order valence-electron chi connectivity index (χ4n) is 2.92. The Morgan fingerprint density at radius 3 is 2.22 bits per heavy atom. The van der Waals surface area contributed by atoms with Crippen LogP contribution in [-0.4, -0.2) is 12.5 Å². The van der Waals surface area contributed by atoms with Crippen molar-refractivity contribution >= 4 is 11.6 Å². The topological polar surface area (TPSA) is 32.3 Å². The molecule has 3 rings (SSSR count). The zero-order valence-corrected chi connectivity index (χ0v) is 13.9. The summed E-state index contributed by atoms with van der Waals surface area (Å²) in [6.45, 7) is 6.94. The fraction of sp³-hybridized carbons (Fsp3) is 0.350. The molecule has 120 valence electrons. The number of rotatable bonds is 5. The number of nitrogens with one attached hydrogen (secondary N) is 1. The number of benzene rings is 2. The molecule has 0 aromatic heterocycles. The van der Waals surface area contributed by atoms with Crippen LogP contribution >= 0.6 is 0 Å². The minimum absolute atomic E-state index is 0.0157. The van der Waals surface area contributed by atoms with Crippen LogP contribution in [0.3, 0.4) is 0 Å². The second-order valence-electron chi connectivity index (χ2n) is 6.61. The van der Waals surface area contributed by atoms with E-state index in [-0.39, 0.29) is 5.91 Å². The van der Waals surface area contributed by atoms with Crippen molar-refractivity contribution < 1.29 is 4.79 Å². The standard InChI is InChI=1S/C20H24N2O/c1-15(2)11-12-21-20(23)16-7-9-19(10-8-16)22-13-17-5-3-4-6-18(17)14-22/h3-10,15H,11-14H2,1-2H3,(H,21,23). The molecule has 0 spiro atoms. The van der Waals surface area contributed by atoms with E-state index in [4.69, 9.17) is 0 Å². The van der Waals surface area contributed by atoms with Crippen molar-refractivity contribution in [2.75, 3.05) is 11.4 Å². The predicted molar refractivity (Wildman–Crippen MR) is 94.6 cm³/mol. The molecular formula is C20H24N2O. The molecule has 1 amide bonds. The highest BCUT2D eigenvalue weighted by Gasteiger charge is 2.18. The first-order valence-electron chi connectivity index (χ1n) is 8.33. The van der Waals surface area contributed by atoms with E-state index in [0.717, 1.165) is 31.6 Å². The molecule has 23 heavy (non-hydrogen) atoms. The number of amides is 1. The van der Waals surface area contributed by atoms with Gasteiger partial charge in [0, 0.05) is 30.9 Å². The lowest BCUT2D eigenvalue weighted by atomic mass is 10.1. The smallest absolute Gasteiger partial charge is 0.251 e. The molecule has 0 atom stereocenters. The lowest BCUT2D eigenvalue weighted by molar-refractivity contribution is 0.0952. The normalized spacial score (nSPS) is 13.3. The average Bonchev–Trinajstić information content (AvgIpc) is 2.98. The van der Waals surface area contributed by atoms with Crippen LogP contribution < -0.4 is 10.2 Å². The van der Waals surface area contributed by atoms with Crippen molar-refractivity contribution in [1.29, 1.82) is 0 Å². The van der Waals surface area contributed by atoms with E-state index in [9.17, 15) is 4.79 Å². The van der Waals surface area contributed by atoms with E-state index >= 15 is 0 Å². The Kier molecular flexibility index (Phi) is 4.65. The molecule has 2 aromatic rings. The first-order chi connectivity index (χ1) is 11.1. The fourth-order valence-corrected chi connectivity index (χ4v) is 2.92. The first kappa shape index (κ1) is 15.6. The largest absolute Gasteiger partial charge is 0.363 e. The summed E-state index contributed by atoms with van der Waals surface area (Å²) in [6, 6.07) is 16.5. The van der Waals surface area contributed by atoms with Gasteiger partial charge in [-0.25, -0.2) is 0 Å². The minimum atomic E-state index is 0.0157. The third-order valence-corrected chi connectivity index (χ3v) is 4.34. The molecule has 0 fully saturated rings. The summed E-state index contributed by atoms with van der Waals surface area (Å²) in [5.74, 6) is 0.622. The highest BCUT2D eigenvalue weighted by atomic mass is 16.1. The number of carbonyl (C=O) groups is 1. The third kappa shape index (κ3) is 3.73. The van der Waals surface area contributed by atoms with Gasteiger partial charge in [0.2, 0.25) is 0 Å². The number of hydrogen-bond donors (Lipinski definition) is 1. The molecule has 1 aliphatic heterocycles. The van der Waals surface area contributed by atoms with Gasteiger partial charge in [-0.2, -0.15) is 0 Å². The van der Waals surface area contributed by atoms with Gasteiger partial charge in [-0.3, -0.25) is 4.79 Å². The molecule has 1 heterocycles. The molecule has 0 saturated heterocycles. The van der Waals surface area contributed by atoms with E-state index in [0.29, 0.717) is 5.92 Å². The van der Waals surface area contributed by atoms with Gasteiger partial charge < -0.3 is 10.2 Å². The van der Waals surface area contributed by atoms with Gasteiger partial charge >= 0.3 is 0 Å². The van der Waals surface area contributed by atoms with Gasteiger partial charge in [0.1, 0.15) is 0 Å². The second kappa shape index (κ2) is 6.86. The Hall–Kier alpha value is -2.29. The molecule has 0 bridgehead atoms. The van der Waals surface area contributed by atoms with Gasteiger partial charge in [-0.15, -0.1) is 0 Å². The Balaban J connectivity index is 1.61. The Morgan fingerprint density at radius 1 is 1.04 bits per heavy atom. The van der Waals surface area contributed by atoms with Crippen molar-refractivity contribution in [3.05, 3.63) is 65.2 Å². The van der Waals surface area contributed by atoms with E-state index < -0.39 is 0 Å². The SMILES string of the molecule is CC(C)CCNC(=O)c1ccc(N2Cc3ccccc3C2)cc1. The van der Waals surface area contributed by atoms with Crippen molar-refractivity contribution in [3.63, 3.8) is 0 Å². The first-order valence-corrected chi connectivity index (χ1v) is 8.33. The van der Waals surface area contributed by atoms with Crippen LogP contribution in [0.5, 0.6) is 0 Å². The van der Waals surface area contributed by atoms with Crippen molar-refractivity contribution in [3.8, 4) is 0 Å². The maximum absolute atomic E-state index is 12.1. The van der Waals surface area contributed by atoms with Crippen molar-refractivity contribution in [2.24, 2.45) is 5.92 Å². The molecule has 0 radical (unpaired) electrons. The molecule has 3 heteroatoms. The summed E-state index contributed by atoms with van der Waals surface area (Å²) in [6.07, 6.45) is 1.01. The molecule has 0 aliphatic carbocycles. The third-order valence-electron chi connectivity index (χ3n) is 4.34.